The van der Waals surface area contributed by atoms with Gasteiger partial charge in [-0.25, -0.2) is 4.79 Å². The second-order valence-corrected chi connectivity index (χ2v) is 5.20. The van der Waals surface area contributed by atoms with Gasteiger partial charge in [-0.3, -0.25) is 0 Å². The fraction of sp³-hybridized carbons (Fsp3) is 0.923. The van der Waals surface area contributed by atoms with E-state index in [4.69, 9.17) is 4.74 Å². The number of carboxylic acid groups (broad SMARTS) is 1. The standard InChI is InChI=1S/C13H25NO4/c1-4-7-14-8-5-13(6-9-14,12(16)17)18-11(3)10(2)15/h10-11,15H,4-9H2,1-3H3,(H,16,17). The van der Waals surface area contributed by atoms with Crippen molar-refractivity contribution >= 4 is 5.97 Å². The summed E-state index contributed by atoms with van der Waals surface area (Å²) in [5.41, 5.74) is -1.12. The Morgan fingerprint density at radius 3 is 2.33 bits per heavy atom. The Morgan fingerprint density at radius 2 is 1.94 bits per heavy atom. The Balaban J connectivity index is 2.64. The van der Waals surface area contributed by atoms with Gasteiger partial charge in [-0.15, -0.1) is 0 Å². The van der Waals surface area contributed by atoms with Crippen molar-refractivity contribution in [1.29, 1.82) is 0 Å². The quantitative estimate of drug-likeness (QED) is 0.747. The van der Waals surface area contributed by atoms with Crippen LogP contribution in [-0.2, 0) is 9.53 Å². The molecule has 0 aliphatic carbocycles. The Hall–Kier alpha value is -0.650. The SMILES string of the molecule is CCCN1CCC(OC(C)C(C)O)(C(=O)O)CC1. The summed E-state index contributed by atoms with van der Waals surface area (Å²) in [5.74, 6) is -0.911. The number of rotatable bonds is 6. The number of nitrogens with zero attached hydrogens (tertiary/aromatic N) is 1. The van der Waals surface area contributed by atoms with Crippen LogP contribution in [0.1, 0.15) is 40.0 Å². The molecular formula is C13H25NO4. The second-order valence-electron chi connectivity index (χ2n) is 5.20. The van der Waals surface area contributed by atoms with E-state index in [1.165, 1.54) is 0 Å². The lowest BCUT2D eigenvalue weighted by Gasteiger charge is -2.40. The average molecular weight is 259 g/mol. The number of aliphatic carboxylic acids is 1. The molecule has 0 aromatic carbocycles. The number of hydrogen-bond donors (Lipinski definition) is 2. The minimum atomic E-state index is -1.12. The number of hydrogen-bond acceptors (Lipinski definition) is 4. The molecule has 0 spiro atoms. The Labute approximate surface area is 109 Å². The molecule has 0 saturated carbocycles. The van der Waals surface area contributed by atoms with Crippen molar-refractivity contribution in [1.82, 2.24) is 4.90 Å². The first kappa shape index (κ1) is 15.4. The summed E-state index contributed by atoms with van der Waals surface area (Å²) in [5, 5.41) is 18.9. The Kier molecular flexibility index (Phi) is 5.56. The van der Waals surface area contributed by atoms with Crippen molar-refractivity contribution in [2.75, 3.05) is 19.6 Å². The predicted octanol–water partition coefficient (Wildman–Crippen LogP) is 1.10. The number of likely N-dealkylation sites (tertiary alicyclic amines) is 1. The Bertz CT molecular complexity index is 272. The highest BCUT2D eigenvalue weighted by molar-refractivity contribution is 5.77. The highest BCUT2D eigenvalue weighted by atomic mass is 16.5. The van der Waals surface area contributed by atoms with Crippen molar-refractivity contribution in [2.45, 2.75) is 57.8 Å². The molecule has 5 heteroatoms. The zero-order chi connectivity index (χ0) is 13.8. The number of aliphatic hydroxyl groups is 1. The van der Waals surface area contributed by atoms with Gasteiger partial charge < -0.3 is 19.8 Å². The van der Waals surface area contributed by atoms with Gasteiger partial charge in [0.25, 0.3) is 0 Å². The normalized spacial score (nSPS) is 23.6. The largest absolute Gasteiger partial charge is 0.479 e. The molecule has 0 amide bonds. The van der Waals surface area contributed by atoms with Gasteiger partial charge in [0, 0.05) is 13.1 Å². The molecule has 0 radical (unpaired) electrons. The van der Waals surface area contributed by atoms with Crippen LogP contribution in [0, 0.1) is 0 Å². The van der Waals surface area contributed by atoms with E-state index in [2.05, 4.69) is 11.8 Å². The van der Waals surface area contributed by atoms with Crippen molar-refractivity contribution in [2.24, 2.45) is 0 Å². The minimum Gasteiger partial charge on any atom is -0.479 e. The molecule has 2 N–H and O–H groups in total. The van der Waals surface area contributed by atoms with Gasteiger partial charge in [0.15, 0.2) is 5.60 Å². The van der Waals surface area contributed by atoms with E-state index in [1.54, 1.807) is 13.8 Å². The molecule has 1 heterocycles. The van der Waals surface area contributed by atoms with E-state index in [9.17, 15) is 15.0 Å². The van der Waals surface area contributed by atoms with Crippen LogP contribution in [0.5, 0.6) is 0 Å². The van der Waals surface area contributed by atoms with Gasteiger partial charge >= 0.3 is 5.97 Å². The van der Waals surface area contributed by atoms with E-state index < -0.39 is 23.8 Å². The molecule has 2 atom stereocenters. The van der Waals surface area contributed by atoms with Gasteiger partial charge in [-0.05, 0) is 39.7 Å². The average Bonchev–Trinajstić information content (AvgIpc) is 2.31. The lowest BCUT2D eigenvalue weighted by Crippen LogP contribution is -2.53. The molecule has 1 rings (SSSR count). The molecule has 1 aliphatic heterocycles. The van der Waals surface area contributed by atoms with Gasteiger partial charge in [-0.2, -0.15) is 0 Å². The second kappa shape index (κ2) is 6.50. The summed E-state index contributed by atoms with van der Waals surface area (Å²) in [4.78, 5) is 13.7. The third-order valence-corrected chi connectivity index (χ3v) is 3.68. The van der Waals surface area contributed by atoms with Crippen molar-refractivity contribution < 1.29 is 19.7 Å². The van der Waals surface area contributed by atoms with E-state index in [1.807, 2.05) is 0 Å². The molecule has 1 fully saturated rings. The zero-order valence-corrected chi connectivity index (χ0v) is 11.6. The van der Waals surface area contributed by atoms with E-state index in [-0.39, 0.29) is 0 Å². The lowest BCUT2D eigenvalue weighted by molar-refractivity contribution is -0.189. The van der Waals surface area contributed by atoms with Gasteiger partial charge in [-0.1, -0.05) is 6.92 Å². The van der Waals surface area contributed by atoms with Crippen LogP contribution < -0.4 is 0 Å². The fourth-order valence-electron chi connectivity index (χ4n) is 2.29. The van der Waals surface area contributed by atoms with Crippen molar-refractivity contribution in [3.8, 4) is 0 Å². The van der Waals surface area contributed by atoms with Gasteiger partial charge in [0.2, 0.25) is 0 Å². The maximum atomic E-state index is 11.5. The monoisotopic (exact) mass is 259 g/mol. The summed E-state index contributed by atoms with van der Waals surface area (Å²) in [6.07, 6.45) is 0.929. The maximum Gasteiger partial charge on any atom is 0.336 e. The minimum absolute atomic E-state index is 0.459. The first-order chi connectivity index (χ1) is 8.41. The first-order valence-corrected chi connectivity index (χ1v) is 6.73. The number of ether oxygens (including phenoxy) is 1. The van der Waals surface area contributed by atoms with E-state index in [0.717, 1.165) is 26.1 Å². The van der Waals surface area contributed by atoms with Crippen molar-refractivity contribution in [3.05, 3.63) is 0 Å². The molecule has 0 aromatic rings. The van der Waals surface area contributed by atoms with Crippen LogP contribution in [0.4, 0.5) is 0 Å². The Morgan fingerprint density at radius 1 is 1.39 bits per heavy atom. The molecule has 0 bridgehead atoms. The van der Waals surface area contributed by atoms with Crippen LogP contribution in [0.2, 0.25) is 0 Å². The number of carboxylic acids is 1. The molecule has 106 valence electrons. The molecule has 18 heavy (non-hydrogen) atoms. The highest BCUT2D eigenvalue weighted by Crippen LogP contribution is 2.29. The summed E-state index contributed by atoms with van der Waals surface area (Å²) < 4.78 is 5.65. The topological polar surface area (TPSA) is 70.0 Å². The molecular weight excluding hydrogens is 234 g/mol. The highest BCUT2D eigenvalue weighted by Gasteiger charge is 2.44. The number of aliphatic hydroxyl groups excluding tert-OH is 1. The molecule has 2 unspecified atom stereocenters. The van der Waals surface area contributed by atoms with Gasteiger partial charge in [0.05, 0.1) is 12.2 Å². The molecule has 0 aromatic heterocycles. The summed E-state index contributed by atoms with van der Waals surface area (Å²) in [7, 11) is 0. The third-order valence-electron chi connectivity index (χ3n) is 3.68. The lowest BCUT2D eigenvalue weighted by atomic mass is 9.90. The van der Waals surface area contributed by atoms with Crippen LogP contribution >= 0.6 is 0 Å². The first-order valence-electron chi connectivity index (χ1n) is 6.73. The van der Waals surface area contributed by atoms with Gasteiger partial charge in [0.1, 0.15) is 0 Å². The molecule has 5 nitrogen and oxygen atoms in total. The van der Waals surface area contributed by atoms with Crippen LogP contribution in [0.15, 0.2) is 0 Å². The number of carbonyl (C=O) groups is 1. The molecule has 1 aliphatic rings. The summed E-state index contributed by atoms with van der Waals surface area (Å²) >= 11 is 0. The third kappa shape index (κ3) is 3.67. The van der Waals surface area contributed by atoms with Crippen LogP contribution in [0.25, 0.3) is 0 Å². The fourth-order valence-corrected chi connectivity index (χ4v) is 2.29. The van der Waals surface area contributed by atoms with Crippen LogP contribution in [-0.4, -0.2) is 58.5 Å². The van der Waals surface area contributed by atoms with Crippen LogP contribution in [0.3, 0.4) is 0 Å². The predicted molar refractivity (Wildman–Crippen MR) is 68.6 cm³/mol. The smallest absolute Gasteiger partial charge is 0.336 e. The molecule has 1 saturated heterocycles. The summed E-state index contributed by atoms with van der Waals surface area (Å²) in [6.45, 7) is 7.94. The summed E-state index contributed by atoms with van der Waals surface area (Å²) in [6, 6.07) is 0. The van der Waals surface area contributed by atoms with Crippen molar-refractivity contribution in [3.63, 3.8) is 0 Å². The maximum absolute atomic E-state index is 11.5. The zero-order valence-electron chi connectivity index (χ0n) is 11.6. The number of piperidine rings is 1. The van der Waals surface area contributed by atoms with E-state index in [0.29, 0.717) is 12.8 Å². The van der Waals surface area contributed by atoms with E-state index >= 15 is 0 Å².